The first-order chi connectivity index (χ1) is 13.8. The molecule has 3 aromatic carbocycles. The predicted molar refractivity (Wildman–Crippen MR) is 114 cm³/mol. The molecular weight excluding hydrogens is 348 g/mol. The summed E-state index contributed by atoms with van der Waals surface area (Å²) in [4.78, 5) is 16.8. The third-order valence-electron chi connectivity index (χ3n) is 4.71. The highest BCUT2D eigenvalue weighted by Gasteiger charge is 2.10. The van der Waals surface area contributed by atoms with Gasteiger partial charge < -0.3 is 10.1 Å². The Labute approximate surface area is 164 Å². The number of nitrogens with one attached hydrogen (secondary N) is 1. The van der Waals surface area contributed by atoms with E-state index >= 15 is 0 Å². The van der Waals surface area contributed by atoms with E-state index in [0.717, 1.165) is 46.0 Å². The third kappa shape index (κ3) is 3.67. The normalized spacial score (nSPS) is 10.9. The molecule has 1 heterocycles. The standard InChI is InChI=1S/C24H22N2O2/c1-2-3-16-28-24(27)17-12-14-18(15-13-17)25-23-19-8-4-6-10-21(19)26-22-11-7-5-9-20(22)23/h4-15H,2-3,16H2,1H3,(H,25,26). The number of hydrogen-bond acceptors (Lipinski definition) is 4. The van der Waals surface area contributed by atoms with Gasteiger partial charge in [-0.05, 0) is 42.8 Å². The summed E-state index contributed by atoms with van der Waals surface area (Å²) in [5.41, 5.74) is 4.37. The van der Waals surface area contributed by atoms with Crippen LogP contribution in [0.4, 0.5) is 11.4 Å². The molecule has 28 heavy (non-hydrogen) atoms. The number of anilines is 2. The fourth-order valence-electron chi connectivity index (χ4n) is 3.20. The van der Waals surface area contributed by atoms with Crippen LogP contribution < -0.4 is 5.32 Å². The minimum absolute atomic E-state index is 0.278. The van der Waals surface area contributed by atoms with Crippen molar-refractivity contribution in [3.63, 3.8) is 0 Å². The Morgan fingerprint density at radius 3 is 2.11 bits per heavy atom. The molecular formula is C24H22N2O2. The van der Waals surface area contributed by atoms with Gasteiger partial charge in [0.25, 0.3) is 0 Å². The monoisotopic (exact) mass is 370 g/mol. The summed E-state index contributed by atoms with van der Waals surface area (Å²) >= 11 is 0. The van der Waals surface area contributed by atoms with Crippen LogP contribution in [0.25, 0.3) is 21.8 Å². The van der Waals surface area contributed by atoms with Crippen molar-refractivity contribution < 1.29 is 9.53 Å². The van der Waals surface area contributed by atoms with Crippen LogP contribution in [0.1, 0.15) is 30.1 Å². The highest BCUT2D eigenvalue weighted by Crippen LogP contribution is 2.33. The van der Waals surface area contributed by atoms with Crippen molar-refractivity contribution in [3.05, 3.63) is 78.4 Å². The Bertz CT molecular complexity index is 1070. The van der Waals surface area contributed by atoms with Crippen LogP contribution in [-0.2, 0) is 4.74 Å². The van der Waals surface area contributed by atoms with E-state index in [1.807, 2.05) is 48.5 Å². The first-order valence-electron chi connectivity index (χ1n) is 9.58. The number of rotatable bonds is 6. The van der Waals surface area contributed by atoms with Crippen LogP contribution in [0.2, 0.25) is 0 Å². The van der Waals surface area contributed by atoms with Gasteiger partial charge in [-0.15, -0.1) is 0 Å². The minimum atomic E-state index is -0.278. The first kappa shape index (κ1) is 18.0. The lowest BCUT2D eigenvalue weighted by Gasteiger charge is -2.13. The second-order valence-electron chi connectivity index (χ2n) is 6.71. The summed E-state index contributed by atoms with van der Waals surface area (Å²) in [7, 11) is 0. The van der Waals surface area contributed by atoms with Gasteiger partial charge in [-0.25, -0.2) is 9.78 Å². The van der Waals surface area contributed by atoms with Crippen LogP contribution in [0.5, 0.6) is 0 Å². The average molecular weight is 370 g/mol. The van der Waals surface area contributed by atoms with Gasteiger partial charge in [-0.3, -0.25) is 0 Å². The minimum Gasteiger partial charge on any atom is -0.462 e. The molecule has 0 saturated carbocycles. The van der Waals surface area contributed by atoms with Gasteiger partial charge in [-0.1, -0.05) is 49.7 Å². The number of aromatic nitrogens is 1. The van der Waals surface area contributed by atoms with E-state index < -0.39 is 0 Å². The molecule has 0 atom stereocenters. The van der Waals surface area contributed by atoms with Crippen LogP contribution in [-0.4, -0.2) is 17.6 Å². The quantitative estimate of drug-likeness (QED) is 0.253. The number of carbonyl (C=O) groups excluding carboxylic acids is 1. The number of ether oxygens (including phenoxy) is 1. The lowest BCUT2D eigenvalue weighted by Crippen LogP contribution is -2.06. The van der Waals surface area contributed by atoms with Crippen LogP contribution in [0.3, 0.4) is 0 Å². The Balaban J connectivity index is 1.65. The van der Waals surface area contributed by atoms with Crippen molar-refractivity contribution in [3.8, 4) is 0 Å². The molecule has 0 bridgehead atoms. The molecule has 1 N–H and O–H groups in total. The molecule has 0 unspecified atom stereocenters. The van der Waals surface area contributed by atoms with Crippen LogP contribution in [0.15, 0.2) is 72.8 Å². The molecule has 0 spiro atoms. The van der Waals surface area contributed by atoms with Crippen LogP contribution in [0, 0.1) is 0 Å². The SMILES string of the molecule is CCCCOC(=O)c1ccc(Nc2c3ccccc3nc3ccccc23)cc1. The van der Waals surface area contributed by atoms with Crippen molar-refractivity contribution in [2.24, 2.45) is 0 Å². The molecule has 0 aliphatic carbocycles. The second kappa shape index (κ2) is 8.09. The molecule has 0 aliphatic rings. The molecule has 0 aliphatic heterocycles. The van der Waals surface area contributed by atoms with Crippen LogP contribution >= 0.6 is 0 Å². The van der Waals surface area contributed by atoms with Crippen molar-refractivity contribution in [2.75, 3.05) is 11.9 Å². The number of nitrogens with zero attached hydrogens (tertiary/aromatic N) is 1. The molecule has 4 rings (SSSR count). The third-order valence-corrected chi connectivity index (χ3v) is 4.71. The predicted octanol–water partition coefficient (Wildman–Crippen LogP) is 6.09. The first-order valence-corrected chi connectivity index (χ1v) is 9.58. The number of fused-ring (bicyclic) bond motifs is 2. The van der Waals surface area contributed by atoms with E-state index in [-0.39, 0.29) is 5.97 Å². The lowest BCUT2D eigenvalue weighted by atomic mass is 10.1. The Hall–Kier alpha value is -3.40. The molecule has 1 aromatic heterocycles. The van der Waals surface area contributed by atoms with E-state index in [1.165, 1.54) is 0 Å². The Morgan fingerprint density at radius 1 is 0.893 bits per heavy atom. The smallest absolute Gasteiger partial charge is 0.338 e. The second-order valence-corrected chi connectivity index (χ2v) is 6.71. The van der Waals surface area contributed by atoms with E-state index in [4.69, 9.17) is 9.72 Å². The van der Waals surface area contributed by atoms with Crippen molar-refractivity contribution in [1.82, 2.24) is 4.98 Å². The zero-order chi connectivity index (χ0) is 19.3. The van der Waals surface area contributed by atoms with Gasteiger partial charge in [0.05, 0.1) is 28.9 Å². The number of esters is 1. The summed E-state index contributed by atoms with van der Waals surface area (Å²) in [5, 5.41) is 5.64. The molecule has 0 fully saturated rings. The number of para-hydroxylation sites is 2. The highest BCUT2D eigenvalue weighted by molar-refractivity contribution is 6.08. The number of hydrogen-bond donors (Lipinski definition) is 1. The summed E-state index contributed by atoms with van der Waals surface area (Å²) in [5.74, 6) is -0.278. The maximum absolute atomic E-state index is 12.1. The molecule has 4 nitrogen and oxygen atoms in total. The molecule has 4 heteroatoms. The summed E-state index contributed by atoms with van der Waals surface area (Å²) in [6, 6.07) is 23.6. The van der Waals surface area contributed by atoms with Gasteiger partial charge in [0.15, 0.2) is 0 Å². The molecule has 0 saturated heterocycles. The summed E-state index contributed by atoms with van der Waals surface area (Å²) < 4.78 is 5.27. The Kier molecular flexibility index (Phi) is 5.20. The van der Waals surface area contributed by atoms with Gasteiger partial charge >= 0.3 is 5.97 Å². The average Bonchev–Trinajstić information content (AvgIpc) is 2.74. The van der Waals surface area contributed by atoms with E-state index in [1.54, 1.807) is 12.1 Å². The number of carbonyl (C=O) groups is 1. The lowest BCUT2D eigenvalue weighted by molar-refractivity contribution is 0.0500. The summed E-state index contributed by atoms with van der Waals surface area (Å²) in [6.45, 7) is 2.53. The van der Waals surface area contributed by atoms with E-state index in [2.05, 4.69) is 24.4 Å². The largest absolute Gasteiger partial charge is 0.462 e. The summed E-state index contributed by atoms with van der Waals surface area (Å²) in [6.07, 6.45) is 1.89. The van der Waals surface area contributed by atoms with Crippen molar-refractivity contribution in [1.29, 1.82) is 0 Å². The highest BCUT2D eigenvalue weighted by atomic mass is 16.5. The molecule has 0 amide bonds. The maximum atomic E-state index is 12.1. The zero-order valence-corrected chi connectivity index (χ0v) is 15.8. The van der Waals surface area contributed by atoms with Crippen molar-refractivity contribution >= 4 is 39.1 Å². The topological polar surface area (TPSA) is 51.2 Å². The van der Waals surface area contributed by atoms with Gasteiger partial charge in [0, 0.05) is 16.5 Å². The maximum Gasteiger partial charge on any atom is 0.338 e. The van der Waals surface area contributed by atoms with Crippen molar-refractivity contribution in [2.45, 2.75) is 19.8 Å². The fraction of sp³-hybridized carbons (Fsp3) is 0.167. The number of benzene rings is 3. The molecule has 140 valence electrons. The Morgan fingerprint density at radius 2 is 1.50 bits per heavy atom. The van der Waals surface area contributed by atoms with E-state index in [0.29, 0.717) is 12.2 Å². The molecule has 4 aromatic rings. The molecule has 0 radical (unpaired) electrons. The van der Waals surface area contributed by atoms with Gasteiger partial charge in [0.1, 0.15) is 0 Å². The zero-order valence-electron chi connectivity index (χ0n) is 15.8. The van der Waals surface area contributed by atoms with Gasteiger partial charge in [-0.2, -0.15) is 0 Å². The van der Waals surface area contributed by atoms with E-state index in [9.17, 15) is 4.79 Å². The van der Waals surface area contributed by atoms with Gasteiger partial charge in [0.2, 0.25) is 0 Å². The fourth-order valence-corrected chi connectivity index (χ4v) is 3.20. The number of unbranched alkanes of at least 4 members (excludes halogenated alkanes) is 1. The number of pyridine rings is 1.